The van der Waals surface area contributed by atoms with Crippen molar-refractivity contribution in [1.29, 1.82) is 0 Å². The fourth-order valence-electron chi connectivity index (χ4n) is 2.67. The van der Waals surface area contributed by atoms with Gasteiger partial charge in [0.25, 0.3) is 0 Å². The molecule has 3 heterocycles. The Morgan fingerprint density at radius 1 is 1.33 bits per heavy atom. The van der Waals surface area contributed by atoms with Crippen LogP contribution in [0.3, 0.4) is 0 Å². The van der Waals surface area contributed by atoms with E-state index in [9.17, 15) is 14.7 Å². The first-order chi connectivity index (χ1) is 11.4. The van der Waals surface area contributed by atoms with E-state index in [0.717, 1.165) is 5.69 Å². The van der Waals surface area contributed by atoms with Gasteiger partial charge in [0.2, 0.25) is 5.75 Å². The van der Waals surface area contributed by atoms with Crippen molar-refractivity contribution in [3.63, 3.8) is 0 Å². The molecule has 0 aliphatic carbocycles. The van der Waals surface area contributed by atoms with Crippen molar-refractivity contribution < 1.29 is 19.7 Å². The number of fused-ring (bicyclic) bond motifs is 1. The van der Waals surface area contributed by atoms with Crippen LogP contribution in [0.4, 0.5) is 11.4 Å². The lowest BCUT2D eigenvalue weighted by Gasteiger charge is -2.30. The van der Waals surface area contributed by atoms with Crippen molar-refractivity contribution in [2.24, 2.45) is 0 Å². The fourth-order valence-corrected chi connectivity index (χ4v) is 2.67. The monoisotopic (exact) mass is 334 g/mol. The number of anilines is 2. The number of hydrogen-bond acceptors (Lipinski definition) is 7. The first kappa shape index (κ1) is 16.1. The molecule has 1 saturated heterocycles. The molecule has 0 spiro atoms. The topological polar surface area (TPSA) is 108 Å². The lowest BCUT2D eigenvalue weighted by molar-refractivity contribution is 0.0686. The van der Waals surface area contributed by atoms with Gasteiger partial charge in [-0.1, -0.05) is 0 Å². The van der Waals surface area contributed by atoms with E-state index < -0.39 is 23.0 Å². The van der Waals surface area contributed by atoms with Gasteiger partial charge in [0, 0.05) is 33.4 Å². The van der Waals surface area contributed by atoms with Crippen molar-refractivity contribution in [3.8, 4) is 5.75 Å². The minimum Gasteiger partial charge on any atom is -0.501 e. The van der Waals surface area contributed by atoms with Crippen molar-refractivity contribution in [2.45, 2.75) is 0 Å². The molecule has 2 aromatic rings. The molecule has 128 valence electrons. The number of aromatic hydroxyl groups is 1. The number of hydrogen-bond donors (Lipinski definition) is 2. The zero-order chi connectivity index (χ0) is 17.4. The van der Waals surface area contributed by atoms with Gasteiger partial charge >= 0.3 is 11.5 Å². The van der Waals surface area contributed by atoms with Crippen LogP contribution in [-0.4, -0.2) is 66.0 Å². The molecular formula is C15H18N4O5. The van der Waals surface area contributed by atoms with Crippen LogP contribution >= 0.6 is 0 Å². The average Bonchev–Trinajstić information content (AvgIpc) is 2.57. The van der Waals surface area contributed by atoms with Gasteiger partial charge in [0.1, 0.15) is 0 Å². The SMILES string of the molecule is CN(C)c1cc(N2CCOCC2)cn2c(=O)c(O)c(C(=O)O)nc12. The van der Waals surface area contributed by atoms with E-state index in [-0.39, 0.29) is 5.65 Å². The quantitative estimate of drug-likeness (QED) is 0.808. The van der Waals surface area contributed by atoms with Crippen molar-refractivity contribution in [3.05, 3.63) is 28.3 Å². The van der Waals surface area contributed by atoms with Gasteiger partial charge in [-0.15, -0.1) is 0 Å². The molecule has 0 bridgehead atoms. The predicted octanol–water partition coefficient (Wildman–Crippen LogP) is 0.000900. The van der Waals surface area contributed by atoms with Crippen molar-refractivity contribution >= 4 is 23.0 Å². The van der Waals surface area contributed by atoms with Gasteiger partial charge in [-0.3, -0.25) is 9.20 Å². The molecule has 3 rings (SSSR count). The van der Waals surface area contributed by atoms with E-state index in [4.69, 9.17) is 9.84 Å². The van der Waals surface area contributed by atoms with Gasteiger partial charge < -0.3 is 24.7 Å². The Hall–Kier alpha value is -2.81. The Labute approximate surface area is 137 Å². The standard InChI is InChI=1S/C15H18N4O5/c1-17(2)10-7-9(18-3-5-24-6-4-18)8-19-13(10)16-11(15(22)23)12(20)14(19)21/h7-8,20H,3-6H2,1-2H3,(H,22,23). The zero-order valence-corrected chi connectivity index (χ0v) is 13.4. The number of aromatic carboxylic acids is 1. The molecule has 24 heavy (non-hydrogen) atoms. The summed E-state index contributed by atoms with van der Waals surface area (Å²) < 4.78 is 6.52. The molecule has 0 saturated carbocycles. The minimum atomic E-state index is -1.45. The summed E-state index contributed by atoms with van der Waals surface area (Å²) in [6.07, 6.45) is 1.56. The average molecular weight is 334 g/mol. The summed E-state index contributed by atoms with van der Waals surface area (Å²) in [5, 5.41) is 19.0. The fraction of sp³-hybridized carbons (Fsp3) is 0.400. The summed E-state index contributed by atoms with van der Waals surface area (Å²) in [6, 6.07) is 1.84. The molecule has 2 aromatic heterocycles. The van der Waals surface area contributed by atoms with Gasteiger partial charge in [-0.05, 0) is 6.07 Å². The number of aromatic nitrogens is 2. The molecule has 2 N–H and O–H groups in total. The van der Waals surface area contributed by atoms with E-state index in [0.29, 0.717) is 32.0 Å². The Balaban J connectivity index is 2.29. The zero-order valence-electron chi connectivity index (χ0n) is 13.4. The van der Waals surface area contributed by atoms with Crippen LogP contribution in [0.15, 0.2) is 17.1 Å². The lowest BCUT2D eigenvalue weighted by Crippen LogP contribution is -2.36. The van der Waals surface area contributed by atoms with Crippen molar-refractivity contribution in [1.82, 2.24) is 9.38 Å². The second kappa shape index (κ2) is 6.00. The summed E-state index contributed by atoms with van der Waals surface area (Å²) >= 11 is 0. The first-order valence-corrected chi connectivity index (χ1v) is 7.43. The number of carboxylic acid groups (broad SMARTS) is 1. The highest BCUT2D eigenvalue weighted by atomic mass is 16.5. The maximum Gasteiger partial charge on any atom is 0.358 e. The van der Waals surface area contributed by atoms with E-state index in [1.807, 2.05) is 6.07 Å². The maximum absolute atomic E-state index is 12.4. The van der Waals surface area contributed by atoms with Crippen LogP contribution in [-0.2, 0) is 4.74 Å². The highest BCUT2D eigenvalue weighted by Crippen LogP contribution is 2.26. The number of carboxylic acids is 1. The third-order valence-corrected chi connectivity index (χ3v) is 3.93. The smallest absolute Gasteiger partial charge is 0.358 e. The molecule has 9 heteroatoms. The minimum absolute atomic E-state index is 0.178. The highest BCUT2D eigenvalue weighted by molar-refractivity contribution is 5.90. The number of ether oxygens (including phenoxy) is 1. The Morgan fingerprint density at radius 2 is 2.00 bits per heavy atom. The molecule has 0 aromatic carbocycles. The van der Waals surface area contributed by atoms with Gasteiger partial charge in [-0.2, -0.15) is 0 Å². The molecule has 1 fully saturated rings. The number of carbonyl (C=O) groups is 1. The number of morpholine rings is 1. The molecule has 1 aliphatic rings. The van der Waals surface area contributed by atoms with Gasteiger partial charge in [-0.25, -0.2) is 9.78 Å². The second-order valence-electron chi connectivity index (χ2n) is 5.69. The maximum atomic E-state index is 12.4. The van der Waals surface area contributed by atoms with Crippen LogP contribution in [0, 0.1) is 0 Å². The van der Waals surface area contributed by atoms with E-state index in [1.165, 1.54) is 4.40 Å². The number of nitrogens with zero attached hydrogens (tertiary/aromatic N) is 4. The van der Waals surface area contributed by atoms with E-state index in [1.54, 1.807) is 25.2 Å². The third-order valence-electron chi connectivity index (χ3n) is 3.93. The van der Waals surface area contributed by atoms with Crippen LogP contribution in [0.2, 0.25) is 0 Å². The largest absolute Gasteiger partial charge is 0.501 e. The molecule has 0 unspecified atom stereocenters. The lowest BCUT2D eigenvalue weighted by atomic mass is 10.2. The van der Waals surface area contributed by atoms with Crippen LogP contribution in [0.25, 0.3) is 5.65 Å². The van der Waals surface area contributed by atoms with E-state index in [2.05, 4.69) is 9.88 Å². The molecule has 0 amide bonds. The Morgan fingerprint density at radius 3 is 2.58 bits per heavy atom. The summed E-state index contributed by atoms with van der Waals surface area (Å²) in [5.74, 6) is -2.32. The summed E-state index contributed by atoms with van der Waals surface area (Å²) in [5.41, 5.74) is 0.0782. The molecular weight excluding hydrogens is 316 g/mol. The summed E-state index contributed by atoms with van der Waals surface area (Å²) in [7, 11) is 3.55. The summed E-state index contributed by atoms with van der Waals surface area (Å²) in [4.78, 5) is 31.4. The second-order valence-corrected chi connectivity index (χ2v) is 5.69. The van der Waals surface area contributed by atoms with Crippen molar-refractivity contribution in [2.75, 3.05) is 50.2 Å². The molecule has 1 aliphatic heterocycles. The van der Waals surface area contributed by atoms with E-state index >= 15 is 0 Å². The Kier molecular flexibility index (Phi) is 4.02. The highest BCUT2D eigenvalue weighted by Gasteiger charge is 2.22. The third kappa shape index (κ3) is 2.62. The molecule has 0 radical (unpaired) electrons. The summed E-state index contributed by atoms with van der Waals surface area (Å²) in [6.45, 7) is 2.54. The Bertz CT molecular complexity index is 855. The van der Waals surface area contributed by atoms with Gasteiger partial charge in [0.15, 0.2) is 11.3 Å². The van der Waals surface area contributed by atoms with Crippen LogP contribution < -0.4 is 15.4 Å². The van der Waals surface area contributed by atoms with Crippen LogP contribution in [0.5, 0.6) is 5.75 Å². The molecule has 0 atom stereocenters. The predicted molar refractivity (Wildman–Crippen MR) is 87.4 cm³/mol. The van der Waals surface area contributed by atoms with Crippen LogP contribution in [0.1, 0.15) is 10.5 Å². The number of rotatable bonds is 3. The van der Waals surface area contributed by atoms with Gasteiger partial charge in [0.05, 0.1) is 24.6 Å². The normalized spacial score (nSPS) is 14.8. The number of pyridine rings is 1. The molecule has 9 nitrogen and oxygen atoms in total. The first-order valence-electron chi connectivity index (χ1n) is 7.43.